The van der Waals surface area contributed by atoms with Crippen LogP contribution in [0, 0.1) is 0 Å². The molecule has 2 rings (SSSR count). The molecule has 0 aliphatic heterocycles. The van der Waals surface area contributed by atoms with Crippen LogP contribution in [0.25, 0.3) is 10.8 Å². The summed E-state index contributed by atoms with van der Waals surface area (Å²) in [6.07, 6.45) is 0. The Morgan fingerprint density at radius 3 is 2.58 bits per heavy atom. The van der Waals surface area contributed by atoms with Gasteiger partial charge in [0.05, 0.1) is 0 Å². The Morgan fingerprint density at radius 2 is 1.75 bits per heavy atom. The van der Waals surface area contributed by atoms with Crippen LogP contribution in [-0.4, -0.2) is 0 Å². The standard InChI is InChI=1S/C10H7S.Ag/c11-10-6-5-8-3-1-2-4-9(8)7-10;/h1-6,11H;. The van der Waals surface area contributed by atoms with Gasteiger partial charge in [0.2, 0.25) is 0 Å². The molecule has 0 fully saturated rings. The summed E-state index contributed by atoms with van der Waals surface area (Å²) in [6.45, 7) is 0. The second-order valence-corrected chi connectivity index (χ2v) is 3.80. The van der Waals surface area contributed by atoms with Gasteiger partial charge in [0.15, 0.2) is 0 Å². The fourth-order valence-electron chi connectivity index (χ4n) is 1.20. The molecule has 0 aliphatic carbocycles. The molecule has 0 amide bonds. The van der Waals surface area contributed by atoms with Crippen LogP contribution < -0.4 is 3.78 Å². The molecule has 2 aromatic carbocycles. The van der Waals surface area contributed by atoms with E-state index in [0.29, 0.717) is 0 Å². The third-order valence-electron chi connectivity index (χ3n) is 1.80. The van der Waals surface area contributed by atoms with Crippen molar-refractivity contribution < 1.29 is 21.1 Å². The summed E-state index contributed by atoms with van der Waals surface area (Å²) < 4.78 is 1.07. The molecule has 0 aromatic heterocycles. The van der Waals surface area contributed by atoms with E-state index in [4.69, 9.17) is 0 Å². The predicted octanol–water partition coefficient (Wildman–Crippen LogP) is 2.30. The Kier molecular flexibility index (Phi) is 2.29. The van der Waals surface area contributed by atoms with E-state index in [1.54, 1.807) is 0 Å². The quantitative estimate of drug-likeness (QED) is 0.549. The molecule has 0 saturated heterocycles. The Hall–Kier alpha value is -0.210. The van der Waals surface area contributed by atoms with Gasteiger partial charge in [-0.15, -0.1) is 0 Å². The van der Waals surface area contributed by atoms with Crippen molar-refractivity contribution in [2.75, 3.05) is 0 Å². The van der Waals surface area contributed by atoms with E-state index in [1.165, 1.54) is 10.8 Å². The van der Waals surface area contributed by atoms with Crippen molar-refractivity contribution >= 4 is 27.2 Å². The van der Waals surface area contributed by atoms with Gasteiger partial charge in [-0.25, -0.2) is 0 Å². The van der Waals surface area contributed by atoms with Gasteiger partial charge in [-0.2, -0.15) is 0 Å². The summed E-state index contributed by atoms with van der Waals surface area (Å²) in [5.41, 5.74) is 0. The number of fused-ring (bicyclic) bond motifs is 1. The molecule has 0 nitrogen and oxygen atoms in total. The molecular weight excluding hydrogens is 260 g/mol. The van der Waals surface area contributed by atoms with Gasteiger partial charge in [0.25, 0.3) is 0 Å². The van der Waals surface area contributed by atoms with Gasteiger partial charge < -0.3 is 0 Å². The maximum absolute atomic E-state index is 4.33. The van der Waals surface area contributed by atoms with E-state index in [9.17, 15) is 0 Å². The molecular formula is C10H7AgS. The summed E-state index contributed by atoms with van der Waals surface area (Å²) in [6, 6.07) is 12.3. The molecule has 0 N–H and O–H groups in total. The Bertz CT molecular complexity index is 423. The zero-order chi connectivity index (χ0) is 8.55. The van der Waals surface area contributed by atoms with Gasteiger partial charge >= 0.3 is 89.5 Å². The van der Waals surface area contributed by atoms with E-state index < -0.39 is 0 Å². The van der Waals surface area contributed by atoms with Crippen molar-refractivity contribution in [1.29, 1.82) is 0 Å². The first-order valence-electron chi connectivity index (χ1n) is 3.61. The molecule has 0 spiro atoms. The number of rotatable bonds is 0. The van der Waals surface area contributed by atoms with Crippen LogP contribution in [-0.2, 0) is 21.1 Å². The zero-order valence-electron chi connectivity index (χ0n) is 6.21. The van der Waals surface area contributed by atoms with Gasteiger partial charge in [-0.3, -0.25) is 0 Å². The first-order valence-corrected chi connectivity index (χ1v) is 4.80. The Balaban J connectivity index is 2.91. The van der Waals surface area contributed by atoms with Crippen LogP contribution in [0.15, 0.2) is 41.3 Å². The van der Waals surface area contributed by atoms with Crippen LogP contribution >= 0.6 is 12.6 Å². The number of hydrogen-bond acceptors (Lipinski definition) is 1. The third kappa shape index (κ3) is 1.34. The van der Waals surface area contributed by atoms with Crippen LogP contribution in [0.1, 0.15) is 0 Å². The SMILES string of the molecule is Sc1ccc2ccccc2[c]1[Ag]. The maximum atomic E-state index is 4.33. The van der Waals surface area contributed by atoms with Crippen molar-refractivity contribution in [3.63, 3.8) is 0 Å². The minimum atomic E-state index is 0.979. The Labute approximate surface area is 89.3 Å². The van der Waals surface area contributed by atoms with Crippen molar-refractivity contribution in [3.8, 4) is 0 Å². The summed E-state index contributed by atoms with van der Waals surface area (Å²) in [4.78, 5) is 0.979. The van der Waals surface area contributed by atoms with E-state index in [1.807, 2.05) is 18.2 Å². The van der Waals surface area contributed by atoms with Crippen molar-refractivity contribution in [3.05, 3.63) is 36.4 Å². The minimum absolute atomic E-state index is 0.979. The molecule has 0 radical (unpaired) electrons. The summed E-state index contributed by atoms with van der Waals surface area (Å²) in [7, 11) is 0. The van der Waals surface area contributed by atoms with Gasteiger partial charge in [0, 0.05) is 0 Å². The molecule has 12 heavy (non-hydrogen) atoms. The topological polar surface area (TPSA) is 0 Å². The number of hydrogen-bond donors (Lipinski definition) is 1. The predicted molar refractivity (Wildman–Crippen MR) is 50.8 cm³/mol. The van der Waals surface area contributed by atoms with Crippen LogP contribution in [0.4, 0.5) is 0 Å². The van der Waals surface area contributed by atoms with Gasteiger partial charge in [0.1, 0.15) is 0 Å². The first-order chi connectivity index (χ1) is 5.79. The number of benzene rings is 2. The van der Waals surface area contributed by atoms with Crippen molar-refractivity contribution in [1.82, 2.24) is 0 Å². The van der Waals surface area contributed by atoms with Gasteiger partial charge in [-0.05, 0) is 0 Å². The summed E-state index contributed by atoms with van der Waals surface area (Å²) in [5, 5.41) is 2.45. The van der Waals surface area contributed by atoms with E-state index in [0.717, 1.165) is 8.68 Å². The molecule has 0 bridgehead atoms. The van der Waals surface area contributed by atoms with Crippen LogP contribution in [0.5, 0.6) is 0 Å². The molecule has 0 atom stereocenters. The van der Waals surface area contributed by atoms with Crippen LogP contribution in [0.2, 0.25) is 0 Å². The van der Waals surface area contributed by atoms with E-state index in [2.05, 4.69) is 51.9 Å². The fourth-order valence-corrected chi connectivity index (χ4v) is 1.85. The first kappa shape index (κ1) is 8.39. The molecule has 2 aromatic rings. The second-order valence-electron chi connectivity index (χ2n) is 2.58. The van der Waals surface area contributed by atoms with E-state index in [-0.39, 0.29) is 0 Å². The molecule has 2 heteroatoms. The Morgan fingerprint density at radius 1 is 1.00 bits per heavy atom. The number of thiol groups is 1. The van der Waals surface area contributed by atoms with Crippen molar-refractivity contribution in [2.45, 2.75) is 4.90 Å². The average Bonchev–Trinajstić information content (AvgIpc) is 2.12. The third-order valence-corrected chi connectivity index (χ3v) is 3.24. The summed E-state index contributed by atoms with van der Waals surface area (Å²) >= 11 is 7.85. The van der Waals surface area contributed by atoms with Gasteiger partial charge in [-0.1, -0.05) is 0 Å². The zero-order valence-corrected chi connectivity index (χ0v) is 8.59. The molecule has 0 unspecified atom stereocenters. The summed E-state index contributed by atoms with van der Waals surface area (Å²) in [5.74, 6) is 0. The second kappa shape index (κ2) is 3.27. The average molecular weight is 267 g/mol. The molecule has 0 heterocycles. The van der Waals surface area contributed by atoms with Crippen molar-refractivity contribution in [2.24, 2.45) is 0 Å². The molecule has 64 valence electrons. The van der Waals surface area contributed by atoms with E-state index >= 15 is 0 Å². The normalized spacial score (nSPS) is 10.6. The van der Waals surface area contributed by atoms with Crippen LogP contribution in [0.3, 0.4) is 0 Å². The molecule has 0 aliphatic rings. The monoisotopic (exact) mass is 266 g/mol. The fraction of sp³-hybridized carbons (Fsp3) is 0. The molecule has 0 saturated carbocycles.